The van der Waals surface area contributed by atoms with Crippen molar-refractivity contribution < 1.29 is 4.42 Å². The third-order valence-corrected chi connectivity index (χ3v) is 12.4. The van der Waals surface area contributed by atoms with Crippen LogP contribution in [0.5, 0.6) is 0 Å². The highest BCUT2D eigenvalue weighted by Gasteiger charge is 2.20. The van der Waals surface area contributed by atoms with Gasteiger partial charge in [-0.1, -0.05) is 127 Å². The molecule has 9 aromatic carbocycles. The van der Waals surface area contributed by atoms with Gasteiger partial charge < -0.3 is 14.2 Å². The molecule has 11 aromatic rings. The number of benzene rings is 9. The zero-order valence-corrected chi connectivity index (χ0v) is 33.5. The van der Waals surface area contributed by atoms with Crippen molar-refractivity contribution in [2.24, 2.45) is 0 Å². The maximum atomic E-state index is 6.76. The summed E-state index contributed by atoms with van der Waals surface area (Å²) >= 11 is 1.84. The smallest absolute Gasteiger partial charge is 0.142 e. The molecule has 0 fully saturated rings. The Labute approximate surface area is 352 Å². The van der Waals surface area contributed by atoms with Gasteiger partial charge in [-0.2, -0.15) is 0 Å². The van der Waals surface area contributed by atoms with Crippen LogP contribution in [0.15, 0.2) is 229 Å². The lowest BCUT2D eigenvalue weighted by Gasteiger charge is -2.26. The molecule has 4 heteroatoms. The summed E-state index contributed by atoms with van der Waals surface area (Å²) in [5.41, 5.74) is 12.7. The van der Waals surface area contributed by atoms with Gasteiger partial charge in [0, 0.05) is 70.6 Å². The van der Waals surface area contributed by atoms with E-state index in [1.54, 1.807) is 0 Å². The van der Waals surface area contributed by atoms with Crippen molar-refractivity contribution in [3.05, 3.63) is 241 Å². The van der Waals surface area contributed by atoms with Crippen LogP contribution in [0, 0.1) is 0 Å². The highest BCUT2D eigenvalue weighted by atomic mass is 32.1. The summed E-state index contributed by atoms with van der Waals surface area (Å²) in [7, 11) is 0. The summed E-state index contributed by atoms with van der Waals surface area (Å²) in [6, 6.07) is 79.9. The maximum absolute atomic E-state index is 6.76. The molecule has 0 saturated heterocycles. The molecule has 0 amide bonds. The largest absolute Gasteiger partial charge is 0.455 e. The number of thiophene rings is 1. The minimum Gasteiger partial charge on any atom is -0.455 e. The average molecular weight is 787 g/mol. The second-order valence-electron chi connectivity index (χ2n) is 14.9. The van der Waals surface area contributed by atoms with Gasteiger partial charge in [0.2, 0.25) is 0 Å². The lowest BCUT2D eigenvalue weighted by atomic mass is 9.93. The fourth-order valence-electron chi connectivity index (χ4n) is 8.46. The molecule has 0 aliphatic carbocycles. The van der Waals surface area contributed by atoms with Gasteiger partial charge in [-0.3, -0.25) is 0 Å². The second-order valence-corrected chi connectivity index (χ2v) is 16.0. The van der Waals surface area contributed by atoms with Crippen LogP contribution in [-0.2, 0) is 0 Å². The number of furan rings is 1. The van der Waals surface area contributed by atoms with E-state index in [9.17, 15) is 0 Å². The quantitative estimate of drug-likeness (QED) is 0.136. The van der Waals surface area contributed by atoms with E-state index in [1.165, 1.54) is 20.2 Å². The molecule has 0 atom stereocenters. The topological polar surface area (TPSA) is 19.6 Å². The van der Waals surface area contributed by atoms with Crippen LogP contribution in [-0.4, -0.2) is 0 Å². The molecule has 3 nitrogen and oxygen atoms in total. The second kappa shape index (κ2) is 15.3. The summed E-state index contributed by atoms with van der Waals surface area (Å²) in [5, 5.41) is 4.64. The molecular weight excluding hydrogens is 749 g/mol. The number of hydrogen-bond acceptors (Lipinski definition) is 4. The van der Waals surface area contributed by atoms with Crippen LogP contribution in [0.4, 0.5) is 34.1 Å². The normalized spacial score (nSPS) is 11.8. The molecule has 0 spiro atoms. The van der Waals surface area contributed by atoms with Crippen LogP contribution in [0.3, 0.4) is 0 Å². The number of rotatable bonds is 9. The first-order valence-electron chi connectivity index (χ1n) is 20.2. The van der Waals surface area contributed by atoms with Crippen LogP contribution < -0.4 is 9.80 Å². The molecule has 0 bridgehead atoms. The Kier molecular flexibility index (Phi) is 9.03. The predicted octanol–water partition coefficient (Wildman–Crippen LogP) is 16.5. The van der Waals surface area contributed by atoms with E-state index in [4.69, 9.17) is 4.42 Å². The van der Waals surface area contributed by atoms with Crippen LogP contribution in [0.1, 0.15) is 16.7 Å². The highest BCUT2D eigenvalue weighted by Crippen LogP contribution is 2.44. The van der Waals surface area contributed by atoms with Gasteiger partial charge in [-0.05, 0) is 120 Å². The monoisotopic (exact) mass is 786 g/mol. The van der Waals surface area contributed by atoms with Gasteiger partial charge in [0.15, 0.2) is 0 Å². The Balaban J connectivity index is 1.12. The number of hydrogen-bond donors (Lipinski definition) is 0. The number of fused-ring (bicyclic) bond motifs is 6. The van der Waals surface area contributed by atoms with Crippen molar-refractivity contribution in [3.63, 3.8) is 0 Å². The van der Waals surface area contributed by atoms with Gasteiger partial charge >= 0.3 is 0 Å². The molecular formula is C56H38N2OS. The van der Waals surface area contributed by atoms with E-state index in [0.29, 0.717) is 0 Å². The predicted molar refractivity (Wildman–Crippen MR) is 256 cm³/mol. The van der Waals surface area contributed by atoms with Crippen LogP contribution in [0.25, 0.3) is 53.8 Å². The zero-order valence-electron chi connectivity index (χ0n) is 32.7. The van der Waals surface area contributed by atoms with Gasteiger partial charge in [0.25, 0.3) is 0 Å². The molecule has 0 aliphatic rings. The number of para-hydroxylation sites is 5. The Hall–Kier alpha value is -7.66. The van der Waals surface area contributed by atoms with E-state index in [2.05, 4.69) is 234 Å². The Morgan fingerprint density at radius 3 is 1.45 bits per heavy atom. The molecule has 60 heavy (non-hydrogen) atoms. The van der Waals surface area contributed by atoms with Crippen molar-refractivity contribution in [1.82, 2.24) is 0 Å². The maximum Gasteiger partial charge on any atom is 0.142 e. The molecule has 0 unspecified atom stereocenters. The lowest BCUT2D eigenvalue weighted by Crippen LogP contribution is -2.09. The van der Waals surface area contributed by atoms with E-state index in [1.807, 2.05) is 17.4 Å². The summed E-state index contributed by atoms with van der Waals surface area (Å²) in [6.07, 6.45) is 2.32. The highest BCUT2D eigenvalue weighted by molar-refractivity contribution is 7.25. The first kappa shape index (κ1) is 35.5. The zero-order chi connectivity index (χ0) is 39.8. The van der Waals surface area contributed by atoms with Crippen molar-refractivity contribution in [2.75, 3.05) is 9.80 Å². The summed E-state index contributed by atoms with van der Waals surface area (Å²) in [6.45, 7) is 0. The van der Waals surface area contributed by atoms with Gasteiger partial charge in [0.05, 0.1) is 0 Å². The van der Waals surface area contributed by atoms with Crippen molar-refractivity contribution >= 4 is 99.2 Å². The van der Waals surface area contributed by atoms with Crippen molar-refractivity contribution in [3.8, 4) is 0 Å². The van der Waals surface area contributed by atoms with Gasteiger partial charge in [-0.25, -0.2) is 0 Å². The molecule has 284 valence electrons. The van der Waals surface area contributed by atoms with E-state index < -0.39 is 0 Å². The van der Waals surface area contributed by atoms with E-state index in [-0.39, 0.29) is 0 Å². The average Bonchev–Trinajstić information content (AvgIpc) is 3.88. The summed E-state index contributed by atoms with van der Waals surface area (Å²) in [4.78, 5) is 4.66. The number of anilines is 6. The minimum absolute atomic E-state index is 0.864. The summed E-state index contributed by atoms with van der Waals surface area (Å²) in [5.74, 6) is 0. The van der Waals surface area contributed by atoms with Gasteiger partial charge in [-0.15, -0.1) is 11.3 Å². The third-order valence-electron chi connectivity index (χ3n) is 11.2. The fourth-order valence-corrected chi connectivity index (χ4v) is 9.52. The SMILES string of the molecule is C(=C(/c1ccccc1)c1ccc2sc3ccc(N(c4ccccc4)c4ccccc4)cc3c2c1)/c1cc(N(c2ccccc2)c2ccccc2)cc2c1oc1ccccc12. The summed E-state index contributed by atoms with van der Waals surface area (Å²) < 4.78 is 9.28. The Morgan fingerprint density at radius 2 is 0.850 bits per heavy atom. The fraction of sp³-hybridized carbons (Fsp3) is 0. The molecule has 0 N–H and O–H groups in total. The van der Waals surface area contributed by atoms with Crippen LogP contribution >= 0.6 is 11.3 Å². The minimum atomic E-state index is 0.864. The van der Waals surface area contributed by atoms with Crippen molar-refractivity contribution in [1.29, 1.82) is 0 Å². The molecule has 2 heterocycles. The standard InChI is InChI=1S/C56H38N2OS/c1-6-18-39(19-7-1)49(40-30-32-54-50(35-40)51-37-46(31-33-55(51)60-54)57(42-20-8-2-9-21-42)43-22-10-3-11-23-43)36-41-34-47(38-52-48-28-16-17-29-53(48)59-56(41)52)58(44-24-12-4-13-25-44)45-26-14-5-15-27-45/h1-38H/b49-36+. The number of nitrogens with zero attached hydrogens (tertiary/aromatic N) is 2. The Bertz CT molecular complexity index is 3220. The lowest BCUT2D eigenvalue weighted by molar-refractivity contribution is 0.668. The van der Waals surface area contributed by atoms with E-state index >= 15 is 0 Å². The van der Waals surface area contributed by atoms with Crippen molar-refractivity contribution in [2.45, 2.75) is 0 Å². The Morgan fingerprint density at radius 1 is 0.367 bits per heavy atom. The van der Waals surface area contributed by atoms with E-state index in [0.717, 1.165) is 78.3 Å². The van der Waals surface area contributed by atoms with Crippen LogP contribution in [0.2, 0.25) is 0 Å². The third kappa shape index (κ3) is 6.50. The molecule has 11 rings (SSSR count). The molecule has 0 radical (unpaired) electrons. The van der Waals surface area contributed by atoms with Gasteiger partial charge in [0.1, 0.15) is 11.2 Å². The molecule has 2 aromatic heterocycles. The first-order valence-corrected chi connectivity index (χ1v) is 21.1. The first-order chi connectivity index (χ1) is 29.7. The molecule has 0 aliphatic heterocycles. The molecule has 0 saturated carbocycles.